The summed E-state index contributed by atoms with van der Waals surface area (Å²) in [6.07, 6.45) is 0.946. The normalized spacial score (nSPS) is 11.2. The number of hydrogen-bond donors (Lipinski definition) is 1. The van der Waals surface area contributed by atoms with Crippen LogP contribution in [0, 0.1) is 0 Å². The molecule has 0 spiro atoms. The van der Waals surface area contributed by atoms with Crippen LogP contribution in [0.1, 0.15) is 38.0 Å². The highest BCUT2D eigenvalue weighted by molar-refractivity contribution is 7.99. The molecular formula is C20H22Cl2N4OS2. The Labute approximate surface area is 188 Å². The van der Waals surface area contributed by atoms with Gasteiger partial charge in [0.15, 0.2) is 11.0 Å². The lowest BCUT2D eigenvalue weighted by atomic mass is 10.1. The maximum atomic E-state index is 12.4. The molecule has 0 aliphatic rings. The molecule has 29 heavy (non-hydrogen) atoms. The molecule has 1 aromatic carbocycles. The average Bonchev–Trinajstić information content (AvgIpc) is 3.31. The van der Waals surface area contributed by atoms with Gasteiger partial charge >= 0.3 is 0 Å². The Morgan fingerprint density at radius 1 is 1.28 bits per heavy atom. The van der Waals surface area contributed by atoms with Crippen LogP contribution in [0.25, 0.3) is 11.4 Å². The minimum absolute atomic E-state index is 0.185. The second-order valence-electron chi connectivity index (χ2n) is 6.78. The smallest absolute Gasteiger partial charge is 0.234 e. The van der Waals surface area contributed by atoms with Crippen LogP contribution in [0.2, 0.25) is 10.0 Å². The summed E-state index contributed by atoms with van der Waals surface area (Å²) in [6, 6.07) is 7.28. The number of carbonyl (C=O) groups excluding carboxylic acids is 1. The van der Waals surface area contributed by atoms with Crippen LogP contribution in [0.15, 0.2) is 34.8 Å². The minimum Gasteiger partial charge on any atom is -0.323 e. The largest absolute Gasteiger partial charge is 0.323 e. The molecule has 0 bridgehead atoms. The van der Waals surface area contributed by atoms with Crippen molar-refractivity contribution in [2.45, 2.75) is 44.8 Å². The van der Waals surface area contributed by atoms with Crippen LogP contribution in [-0.4, -0.2) is 26.4 Å². The molecular weight excluding hydrogens is 447 g/mol. The van der Waals surface area contributed by atoms with Gasteiger partial charge < -0.3 is 9.88 Å². The molecule has 154 valence electrons. The van der Waals surface area contributed by atoms with E-state index in [1.165, 1.54) is 16.6 Å². The number of rotatable bonds is 8. The number of thiophene rings is 1. The second kappa shape index (κ2) is 9.98. The van der Waals surface area contributed by atoms with Gasteiger partial charge in [-0.1, -0.05) is 61.8 Å². The molecule has 2 aromatic heterocycles. The third kappa shape index (κ3) is 5.34. The molecule has 1 N–H and O–H groups in total. The van der Waals surface area contributed by atoms with Gasteiger partial charge in [-0.2, -0.15) is 0 Å². The number of para-hydroxylation sites is 1. The second-order valence-corrected chi connectivity index (χ2v) is 9.48. The van der Waals surface area contributed by atoms with E-state index >= 15 is 0 Å². The van der Waals surface area contributed by atoms with Gasteiger partial charge in [0.25, 0.3) is 0 Å². The molecule has 0 saturated heterocycles. The summed E-state index contributed by atoms with van der Waals surface area (Å²) in [5, 5.41) is 15.2. The van der Waals surface area contributed by atoms with Crippen molar-refractivity contribution in [2.75, 3.05) is 11.1 Å². The topological polar surface area (TPSA) is 59.8 Å². The Hall–Kier alpha value is -1.54. The van der Waals surface area contributed by atoms with Gasteiger partial charge in [-0.25, -0.2) is 0 Å². The molecule has 0 radical (unpaired) electrons. The van der Waals surface area contributed by atoms with E-state index < -0.39 is 0 Å². The van der Waals surface area contributed by atoms with E-state index in [4.69, 9.17) is 23.2 Å². The molecule has 2 heterocycles. The summed E-state index contributed by atoms with van der Waals surface area (Å²) < 4.78 is 2.08. The first-order valence-corrected chi connectivity index (χ1v) is 11.9. The Kier molecular flexibility index (Phi) is 7.62. The molecule has 3 aromatic rings. The number of nitrogens with zero attached hydrogens (tertiary/aromatic N) is 3. The Balaban J connectivity index is 1.73. The Morgan fingerprint density at radius 2 is 2.00 bits per heavy atom. The number of nitrogens with one attached hydrogen (secondary N) is 1. The number of halogens is 2. The minimum atomic E-state index is -0.199. The van der Waals surface area contributed by atoms with Gasteiger partial charge in [-0.05, 0) is 30.5 Å². The maximum Gasteiger partial charge on any atom is 0.234 e. The molecule has 3 rings (SSSR count). The lowest BCUT2D eigenvalue weighted by Crippen LogP contribution is -2.15. The first-order valence-electron chi connectivity index (χ1n) is 9.29. The van der Waals surface area contributed by atoms with E-state index in [2.05, 4.69) is 52.3 Å². The standard InChI is InChI=1S/C20H22Cl2N4OS2/c1-4-8-26-19(13-9-16(12(2)3)28-10-13)24-25-20(26)29-11-17(27)23-18-14(21)6-5-7-15(18)22/h5-7,9-10,12H,4,8,11H2,1-3H3,(H,23,27). The zero-order valence-corrected chi connectivity index (χ0v) is 19.6. The van der Waals surface area contributed by atoms with Crippen LogP contribution in [0.4, 0.5) is 5.69 Å². The highest BCUT2D eigenvalue weighted by Gasteiger charge is 2.18. The number of carbonyl (C=O) groups is 1. The molecule has 0 unspecified atom stereocenters. The number of hydrogen-bond acceptors (Lipinski definition) is 5. The summed E-state index contributed by atoms with van der Waals surface area (Å²) in [4.78, 5) is 13.7. The van der Waals surface area contributed by atoms with E-state index in [0.717, 1.165) is 29.5 Å². The molecule has 9 heteroatoms. The van der Waals surface area contributed by atoms with Crippen molar-refractivity contribution < 1.29 is 4.79 Å². The Bertz CT molecular complexity index is 980. The molecule has 0 fully saturated rings. The molecule has 0 saturated carbocycles. The van der Waals surface area contributed by atoms with Crippen LogP contribution in [-0.2, 0) is 11.3 Å². The SMILES string of the molecule is CCCn1c(SCC(=O)Nc2c(Cl)cccc2Cl)nnc1-c1csc(C(C)C)c1. The van der Waals surface area contributed by atoms with Crippen molar-refractivity contribution in [3.05, 3.63) is 44.6 Å². The lowest BCUT2D eigenvalue weighted by molar-refractivity contribution is -0.113. The monoisotopic (exact) mass is 468 g/mol. The fraction of sp³-hybridized carbons (Fsp3) is 0.350. The van der Waals surface area contributed by atoms with Crippen molar-refractivity contribution in [3.63, 3.8) is 0 Å². The fourth-order valence-corrected chi connectivity index (χ4v) is 4.89. The quantitative estimate of drug-likeness (QED) is 0.379. The van der Waals surface area contributed by atoms with Crippen molar-refractivity contribution in [1.29, 1.82) is 0 Å². The summed E-state index contributed by atoms with van der Waals surface area (Å²) in [7, 11) is 0. The van der Waals surface area contributed by atoms with E-state index in [9.17, 15) is 4.79 Å². The van der Waals surface area contributed by atoms with E-state index in [0.29, 0.717) is 21.7 Å². The summed E-state index contributed by atoms with van der Waals surface area (Å²) in [5.41, 5.74) is 1.50. The van der Waals surface area contributed by atoms with Crippen LogP contribution in [0.3, 0.4) is 0 Å². The zero-order chi connectivity index (χ0) is 21.0. The number of anilines is 1. The third-order valence-corrected chi connectivity index (χ3v) is 7.00. The van der Waals surface area contributed by atoms with Gasteiger partial charge in [-0.15, -0.1) is 21.5 Å². The van der Waals surface area contributed by atoms with Crippen molar-refractivity contribution in [3.8, 4) is 11.4 Å². The number of aromatic nitrogens is 3. The van der Waals surface area contributed by atoms with Gasteiger partial charge in [-0.3, -0.25) is 4.79 Å². The van der Waals surface area contributed by atoms with Crippen molar-refractivity contribution in [2.24, 2.45) is 0 Å². The van der Waals surface area contributed by atoms with E-state index in [-0.39, 0.29) is 11.7 Å². The van der Waals surface area contributed by atoms with Gasteiger partial charge in [0.2, 0.25) is 5.91 Å². The number of benzene rings is 1. The van der Waals surface area contributed by atoms with Gasteiger partial charge in [0.05, 0.1) is 21.5 Å². The molecule has 5 nitrogen and oxygen atoms in total. The van der Waals surface area contributed by atoms with Crippen LogP contribution < -0.4 is 5.32 Å². The molecule has 0 aliphatic carbocycles. The Morgan fingerprint density at radius 3 is 2.62 bits per heavy atom. The van der Waals surface area contributed by atoms with Crippen molar-refractivity contribution in [1.82, 2.24) is 14.8 Å². The number of amides is 1. The summed E-state index contributed by atoms with van der Waals surface area (Å²) >= 11 is 15.3. The molecule has 0 aliphatic heterocycles. The zero-order valence-electron chi connectivity index (χ0n) is 16.4. The van der Waals surface area contributed by atoms with E-state index in [1.54, 1.807) is 29.5 Å². The average molecular weight is 469 g/mol. The predicted molar refractivity (Wildman–Crippen MR) is 124 cm³/mol. The van der Waals surface area contributed by atoms with Crippen molar-refractivity contribution >= 4 is 57.9 Å². The van der Waals surface area contributed by atoms with Gasteiger partial charge in [0, 0.05) is 22.4 Å². The first kappa shape index (κ1) is 22.2. The van der Waals surface area contributed by atoms with Crippen LogP contribution >= 0.6 is 46.3 Å². The highest BCUT2D eigenvalue weighted by Crippen LogP contribution is 2.32. The first-order chi connectivity index (χ1) is 13.9. The van der Waals surface area contributed by atoms with Gasteiger partial charge in [0.1, 0.15) is 0 Å². The van der Waals surface area contributed by atoms with E-state index in [1.807, 2.05) is 0 Å². The molecule has 0 atom stereocenters. The highest BCUT2D eigenvalue weighted by atomic mass is 35.5. The summed E-state index contributed by atoms with van der Waals surface area (Å²) in [5.74, 6) is 1.30. The third-order valence-electron chi connectivity index (χ3n) is 4.17. The summed E-state index contributed by atoms with van der Waals surface area (Å²) in [6.45, 7) is 7.25. The molecule has 1 amide bonds. The van der Waals surface area contributed by atoms with Crippen LogP contribution in [0.5, 0.6) is 0 Å². The fourth-order valence-electron chi connectivity index (χ4n) is 2.73. The predicted octanol–water partition coefficient (Wildman–Crippen LogP) is 6.58. The maximum absolute atomic E-state index is 12.4. The number of thioether (sulfide) groups is 1. The lowest BCUT2D eigenvalue weighted by Gasteiger charge is -2.10.